The van der Waals surface area contributed by atoms with Crippen molar-refractivity contribution >= 4 is 16.9 Å². The average molecular weight is 311 g/mol. The molecule has 3 aromatic rings. The van der Waals surface area contributed by atoms with Gasteiger partial charge in [0.1, 0.15) is 6.54 Å². The maximum atomic E-state index is 12.6. The summed E-state index contributed by atoms with van der Waals surface area (Å²) in [4.78, 5) is 26.8. The summed E-state index contributed by atoms with van der Waals surface area (Å²) in [5.41, 5.74) is 3.60. The zero-order valence-electron chi connectivity index (χ0n) is 12.8. The molecule has 4 rings (SSSR count). The molecule has 1 amide bonds. The van der Waals surface area contributed by atoms with Crippen molar-refractivity contribution in [3.63, 3.8) is 0 Å². The molecule has 1 N–H and O–H groups in total. The molecule has 1 aliphatic rings. The smallest absolute Gasteiger partial charge is 0.329 e. The highest BCUT2D eigenvalue weighted by molar-refractivity contribution is 5.81. The number of para-hydroxylation sites is 2. The van der Waals surface area contributed by atoms with E-state index in [4.69, 9.17) is 0 Å². The van der Waals surface area contributed by atoms with Gasteiger partial charge < -0.3 is 4.90 Å². The normalized spacial score (nSPS) is 14.2. The molecular weight excluding hydrogens is 294 g/mol. The second kappa shape index (κ2) is 5.12. The topological polar surface area (TPSA) is 75.9 Å². The number of amides is 1. The van der Waals surface area contributed by atoms with Gasteiger partial charge in [0, 0.05) is 37.8 Å². The Balaban J connectivity index is 1.63. The Bertz CT molecular complexity index is 949. The number of benzene rings is 1. The van der Waals surface area contributed by atoms with Crippen LogP contribution in [0.4, 0.5) is 0 Å². The maximum Gasteiger partial charge on any atom is 0.329 e. The van der Waals surface area contributed by atoms with E-state index in [9.17, 15) is 9.59 Å². The number of aromatic amines is 1. The number of carbonyl (C=O) groups excluding carboxylic acids is 1. The fraction of sp³-hybridized carbons (Fsp3) is 0.312. The summed E-state index contributed by atoms with van der Waals surface area (Å²) in [6.07, 6.45) is 2.53. The highest BCUT2D eigenvalue weighted by Crippen LogP contribution is 2.17. The molecule has 3 heterocycles. The van der Waals surface area contributed by atoms with Crippen molar-refractivity contribution in [1.29, 1.82) is 0 Å². The van der Waals surface area contributed by atoms with E-state index in [0.717, 1.165) is 28.7 Å². The third-order valence-electron chi connectivity index (χ3n) is 4.50. The van der Waals surface area contributed by atoms with E-state index in [0.29, 0.717) is 13.1 Å². The van der Waals surface area contributed by atoms with Crippen molar-refractivity contribution in [2.45, 2.75) is 19.5 Å². The molecule has 0 unspecified atom stereocenters. The van der Waals surface area contributed by atoms with Gasteiger partial charge in [0.15, 0.2) is 0 Å². The number of carbonyl (C=O) groups is 1. The molecule has 0 radical (unpaired) electrons. The molecule has 0 bridgehead atoms. The Morgan fingerprint density at radius 1 is 1.30 bits per heavy atom. The van der Waals surface area contributed by atoms with Crippen molar-refractivity contribution in [2.75, 3.05) is 6.54 Å². The van der Waals surface area contributed by atoms with E-state index in [1.807, 2.05) is 24.3 Å². The number of aromatic nitrogens is 4. The standard InChI is InChI=1S/C16H17N5O2/c1-19-13-4-2-3-5-14(13)21(16(19)23)10-15(22)20-7-6-12-11(9-20)8-17-18-12/h2-5,8H,6-7,9-10H2,1H3,(H,17,18). The van der Waals surface area contributed by atoms with E-state index in [2.05, 4.69) is 10.2 Å². The van der Waals surface area contributed by atoms with Gasteiger partial charge in [0.2, 0.25) is 5.91 Å². The van der Waals surface area contributed by atoms with Crippen LogP contribution in [0.25, 0.3) is 11.0 Å². The Kier molecular flexibility index (Phi) is 3.07. The maximum absolute atomic E-state index is 12.6. The lowest BCUT2D eigenvalue weighted by Crippen LogP contribution is -2.39. The highest BCUT2D eigenvalue weighted by atomic mass is 16.2. The quantitative estimate of drug-likeness (QED) is 0.755. The molecule has 1 aliphatic heterocycles. The molecule has 23 heavy (non-hydrogen) atoms. The van der Waals surface area contributed by atoms with Crippen LogP contribution in [-0.4, -0.2) is 36.7 Å². The first-order valence-electron chi connectivity index (χ1n) is 7.58. The van der Waals surface area contributed by atoms with E-state index in [1.54, 1.807) is 27.3 Å². The fourth-order valence-corrected chi connectivity index (χ4v) is 3.19. The fourth-order valence-electron chi connectivity index (χ4n) is 3.19. The van der Waals surface area contributed by atoms with Gasteiger partial charge in [0.05, 0.1) is 17.2 Å². The minimum atomic E-state index is -0.166. The van der Waals surface area contributed by atoms with Gasteiger partial charge in [0.25, 0.3) is 0 Å². The Morgan fingerprint density at radius 3 is 2.91 bits per heavy atom. The van der Waals surface area contributed by atoms with Crippen molar-refractivity contribution < 1.29 is 4.79 Å². The van der Waals surface area contributed by atoms with Gasteiger partial charge in [-0.2, -0.15) is 5.10 Å². The van der Waals surface area contributed by atoms with Gasteiger partial charge >= 0.3 is 5.69 Å². The minimum absolute atomic E-state index is 0.0460. The first-order valence-corrected chi connectivity index (χ1v) is 7.58. The summed E-state index contributed by atoms with van der Waals surface area (Å²) < 4.78 is 3.12. The zero-order valence-corrected chi connectivity index (χ0v) is 12.8. The zero-order chi connectivity index (χ0) is 16.0. The lowest BCUT2D eigenvalue weighted by atomic mass is 10.1. The predicted octanol–water partition coefficient (Wildman–Crippen LogP) is 0.648. The first-order chi connectivity index (χ1) is 11.1. The number of imidazole rings is 1. The summed E-state index contributed by atoms with van der Waals surface area (Å²) in [5.74, 6) is -0.0460. The molecule has 7 heteroatoms. The van der Waals surface area contributed by atoms with Crippen LogP contribution < -0.4 is 5.69 Å². The summed E-state index contributed by atoms with van der Waals surface area (Å²) >= 11 is 0. The molecule has 0 spiro atoms. The van der Waals surface area contributed by atoms with Gasteiger partial charge in [-0.15, -0.1) is 0 Å². The molecule has 0 saturated carbocycles. The second-order valence-corrected chi connectivity index (χ2v) is 5.86. The highest BCUT2D eigenvalue weighted by Gasteiger charge is 2.23. The first kappa shape index (κ1) is 13.8. The number of nitrogens with zero attached hydrogens (tertiary/aromatic N) is 4. The Hall–Kier alpha value is -2.83. The van der Waals surface area contributed by atoms with Crippen LogP contribution in [0.3, 0.4) is 0 Å². The molecule has 0 fully saturated rings. The Morgan fingerprint density at radius 2 is 2.09 bits per heavy atom. The SMILES string of the molecule is Cn1c(=O)n(CC(=O)N2CCc3[nH]ncc3C2)c2ccccc21. The number of hydrogen-bond donors (Lipinski definition) is 1. The number of fused-ring (bicyclic) bond motifs is 2. The van der Waals surface area contributed by atoms with Crippen molar-refractivity contribution in [2.24, 2.45) is 7.05 Å². The summed E-state index contributed by atoms with van der Waals surface area (Å²) in [6, 6.07) is 7.52. The summed E-state index contributed by atoms with van der Waals surface area (Å²) in [5, 5.41) is 6.98. The van der Waals surface area contributed by atoms with Crippen LogP contribution in [0.1, 0.15) is 11.3 Å². The van der Waals surface area contributed by atoms with E-state index in [-0.39, 0.29) is 18.1 Å². The summed E-state index contributed by atoms with van der Waals surface area (Å²) in [7, 11) is 1.73. The van der Waals surface area contributed by atoms with E-state index < -0.39 is 0 Å². The molecule has 0 aliphatic carbocycles. The number of H-pyrrole nitrogens is 1. The third-order valence-corrected chi connectivity index (χ3v) is 4.50. The van der Waals surface area contributed by atoms with E-state index >= 15 is 0 Å². The number of nitrogens with one attached hydrogen (secondary N) is 1. The van der Waals surface area contributed by atoms with Crippen LogP contribution in [0, 0.1) is 0 Å². The molecule has 118 valence electrons. The monoisotopic (exact) mass is 311 g/mol. The molecule has 7 nitrogen and oxygen atoms in total. The molecule has 2 aromatic heterocycles. The molecule has 1 aromatic carbocycles. The number of rotatable bonds is 2. The third kappa shape index (κ3) is 2.16. The lowest BCUT2D eigenvalue weighted by molar-refractivity contribution is -0.132. The number of aryl methyl sites for hydroxylation is 1. The molecule has 0 saturated heterocycles. The number of hydrogen-bond acceptors (Lipinski definition) is 3. The van der Waals surface area contributed by atoms with Crippen LogP contribution in [0.2, 0.25) is 0 Å². The van der Waals surface area contributed by atoms with Crippen molar-refractivity contribution in [3.05, 3.63) is 52.2 Å². The largest absolute Gasteiger partial charge is 0.336 e. The van der Waals surface area contributed by atoms with Gasteiger partial charge in [-0.05, 0) is 12.1 Å². The average Bonchev–Trinajstić information content (AvgIpc) is 3.13. The van der Waals surface area contributed by atoms with Crippen LogP contribution in [0.5, 0.6) is 0 Å². The van der Waals surface area contributed by atoms with Gasteiger partial charge in [-0.1, -0.05) is 12.1 Å². The minimum Gasteiger partial charge on any atom is -0.336 e. The second-order valence-electron chi connectivity index (χ2n) is 5.86. The van der Waals surface area contributed by atoms with Gasteiger partial charge in [-0.3, -0.25) is 19.0 Å². The molecule has 0 atom stereocenters. The molecular formula is C16H17N5O2. The van der Waals surface area contributed by atoms with Crippen molar-refractivity contribution in [3.8, 4) is 0 Å². The predicted molar refractivity (Wildman–Crippen MR) is 84.9 cm³/mol. The van der Waals surface area contributed by atoms with E-state index in [1.165, 1.54) is 0 Å². The lowest BCUT2D eigenvalue weighted by Gasteiger charge is -2.26. The Labute approximate surface area is 132 Å². The summed E-state index contributed by atoms with van der Waals surface area (Å²) in [6.45, 7) is 1.26. The van der Waals surface area contributed by atoms with Crippen molar-refractivity contribution in [1.82, 2.24) is 24.2 Å². The van der Waals surface area contributed by atoms with Crippen LogP contribution in [-0.2, 0) is 31.4 Å². The van der Waals surface area contributed by atoms with Crippen LogP contribution in [0.15, 0.2) is 35.3 Å². The van der Waals surface area contributed by atoms with Gasteiger partial charge in [-0.25, -0.2) is 4.79 Å². The van der Waals surface area contributed by atoms with Crippen LogP contribution >= 0.6 is 0 Å².